The monoisotopic (exact) mass is 290 g/mol. The van der Waals surface area contributed by atoms with Gasteiger partial charge in [0.25, 0.3) is 0 Å². The fraction of sp³-hybridized carbons (Fsp3) is 0.722. The van der Waals surface area contributed by atoms with E-state index in [-0.39, 0.29) is 6.61 Å². The maximum Gasteiger partial charge on any atom is 0.129 e. The summed E-state index contributed by atoms with van der Waals surface area (Å²) in [5.74, 6) is 2.34. The van der Waals surface area contributed by atoms with Crippen LogP contribution in [-0.4, -0.2) is 23.2 Å². The molecule has 0 amide bonds. The Morgan fingerprint density at radius 3 is 2.76 bits per heavy atom. The number of rotatable bonds is 5. The Labute approximate surface area is 129 Å². The highest BCUT2D eigenvalue weighted by Crippen LogP contribution is 2.26. The molecular formula is C18H30N2O. The van der Waals surface area contributed by atoms with Crippen LogP contribution >= 0.6 is 0 Å². The van der Waals surface area contributed by atoms with Gasteiger partial charge in [-0.05, 0) is 48.8 Å². The molecule has 2 rings (SSSR count). The minimum Gasteiger partial charge on any atom is -0.392 e. The van der Waals surface area contributed by atoms with Crippen molar-refractivity contribution in [1.82, 2.24) is 4.98 Å². The summed E-state index contributed by atoms with van der Waals surface area (Å²) in [7, 11) is 0. The second kappa shape index (κ2) is 7.79. The molecule has 3 heteroatoms. The summed E-state index contributed by atoms with van der Waals surface area (Å²) in [5.41, 5.74) is 2.07. The number of aromatic nitrogens is 1. The lowest BCUT2D eigenvalue weighted by Crippen LogP contribution is -2.25. The molecule has 21 heavy (non-hydrogen) atoms. The first kappa shape index (κ1) is 16.3. The van der Waals surface area contributed by atoms with Gasteiger partial charge in [-0.25, -0.2) is 4.98 Å². The highest BCUT2D eigenvalue weighted by Gasteiger charge is 2.18. The van der Waals surface area contributed by atoms with E-state index in [1.165, 1.54) is 32.1 Å². The first-order valence-corrected chi connectivity index (χ1v) is 8.50. The van der Waals surface area contributed by atoms with Crippen molar-refractivity contribution >= 4 is 5.82 Å². The lowest BCUT2D eigenvalue weighted by Gasteiger charge is -2.23. The van der Waals surface area contributed by atoms with E-state index in [4.69, 9.17) is 4.98 Å². The van der Waals surface area contributed by atoms with Gasteiger partial charge < -0.3 is 10.0 Å². The second-order valence-electron chi connectivity index (χ2n) is 6.64. The number of hydrogen-bond acceptors (Lipinski definition) is 3. The van der Waals surface area contributed by atoms with Crippen LogP contribution in [0.5, 0.6) is 0 Å². The predicted molar refractivity (Wildman–Crippen MR) is 88.7 cm³/mol. The van der Waals surface area contributed by atoms with Crippen LogP contribution < -0.4 is 4.90 Å². The van der Waals surface area contributed by atoms with Gasteiger partial charge in [0.15, 0.2) is 0 Å². The van der Waals surface area contributed by atoms with Crippen LogP contribution in [0.4, 0.5) is 5.82 Å². The lowest BCUT2D eigenvalue weighted by atomic mass is 9.96. The van der Waals surface area contributed by atoms with Crippen LogP contribution in [0.2, 0.25) is 0 Å². The Morgan fingerprint density at radius 1 is 1.29 bits per heavy atom. The fourth-order valence-corrected chi connectivity index (χ4v) is 3.23. The van der Waals surface area contributed by atoms with E-state index in [1.807, 2.05) is 6.07 Å². The summed E-state index contributed by atoms with van der Waals surface area (Å²) < 4.78 is 0. The zero-order chi connectivity index (χ0) is 15.2. The molecule has 1 N–H and O–H groups in total. The van der Waals surface area contributed by atoms with E-state index in [0.717, 1.165) is 36.1 Å². The molecule has 0 saturated carbocycles. The fourth-order valence-electron chi connectivity index (χ4n) is 3.23. The number of aliphatic hydroxyl groups is 1. The molecule has 1 saturated heterocycles. The molecule has 1 atom stereocenters. The van der Waals surface area contributed by atoms with Crippen molar-refractivity contribution in [3.63, 3.8) is 0 Å². The van der Waals surface area contributed by atoms with E-state index in [2.05, 4.69) is 31.7 Å². The Kier molecular flexibility index (Phi) is 6.04. The molecule has 0 spiro atoms. The van der Waals surface area contributed by atoms with E-state index in [9.17, 15) is 5.11 Å². The molecule has 1 aromatic heterocycles. The summed E-state index contributed by atoms with van der Waals surface area (Å²) >= 11 is 0. The molecule has 3 nitrogen and oxygen atoms in total. The molecule has 1 aromatic rings. The molecule has 0 aliphatic carbocycles. The van der Waals surface area contributed by atoms with Gasteiger partial charge in [0.1, 0.15) is 5.82 Å². The number of nitrogens with zero attached hydrogens (tertiary/aromatic N) is 2. The molecule has 0 radical (unpaired) electrons. The van der Waals surface area contributed by atoms with Gasteiger partial charge in [-0.2, -0.15) is 0 Å². The van der Waals surface area contributed by atoms with Gasteiger partial charge in [-0.1, -0.05) is 33.6 Å². The van der Waals surface area contributed by atoms with Gasteiger partial charge in [-0.15, -0.1) is 0 Å². The van der Waals surface area contributed by atoms with Crippen LogP contribution in [0.15, 0.2) is 12.1 Å². The topological polar surface area (TPSA) is 36.4 Å². The van der Waals surface area contributed by atoms with Gasteiger partial charge in [0.2, 0.25) is 0 Å². The van der Waals surface area contributed by atoms with Crippen LogP contribution in [-0.2, 0) is 6.61 Å². The average molecular weight is 290 g/mol. The van der Waals surface area contributed by atoms with Crippen LogP contribution in [0.3, 0.4) is 0 Å². The molecule has 1 fully saturated rings. The zero-order valence-electron chi connectivity index (χ0n) is 13.8. The van der Waals surface area contributed by atoms with Gasteiger partial charge in [0.05, 0.1) is 6.61 Å². The third kappa shape index (κ3) is 4.44. The van der Waals surface area contributed by atoms with Crippen molar-refractivity contribution < 1.29 is 5.11 Å². The van der Waals surface area contributed by atoms with Crippen molar-refractivity contribution in [3.8, 4) is 0 Å². The standard InChI is InChI=1S/C18H30N2O/c1-4-6-15-7-5-9-20(10-8-15)18-12-16(13-21)11-17(19-18)14(2)3/h11-12,14-15,21H,4-10,13H2,1-3H3. The number of pyridine rings is 1. The molecule has 0 aromatic carbocycles. The van der Waals surface area contributed by atoms with E-state index < -0.39 is 0 Å². The minimum atomic E-state index is 0.0987. The van der Waals surface area contributed by atoms with Crippen LogP contribution in [0, 0.1) is 5.92 Å². The minimum absolute atomic E-state index is 0.0987. The molecule has 0 bridgehead atoms. The maximum absolute atomic E-state index is 9.49. The molecule has 118 valence electrons. The molecular weight excluding hydrogens is 260 g/mol. The first-order chi connectivity index (χ1) is 10.1. The smallest absolute Gasteiger partial charge is 0.129 e. The first-order valence-electron chi connectivity index (χ1n) is 8.50. The highest BCUT2D eigenvalue weighted by atomic mass is 16.3. The Hall–Kier alpha value is -1.09. The molecule has 1 aliphatic rings. The van der Waals surface area contributed by atoms with Crippen molar-refractivity contribution in [2.45, 2.75) is 65.4 Å². The van der Waals surface area contributed by atoms with E-state index in [1.54, 1.807) is 0 Å². The average Bonchev–Trinajstić information content (AvgIpc) is 2.73. The summed E-state index contributed by atoms with van der Waals surface area (Å²) in [6.45, 7) is 8.90. The molecule has 2 heterocycles. The van der Waals surface area contributed by atoms with Crippen molar-refractivity contribution in [2.24, 2.45) is 5.92 Å². The summed E-state index contributed by atoms with van der Waals surface area (Å²) in [6, 6.07) is 4.10. The van der Waals surface area contributed by atoms with E-state index >= 15 is 0 Å². The zero-order valence-corrected chi connectivity index (χ0v) is 13.8. The highest BCUT2D eigenvalue weighted by molar-refractivity contribution is 5.43. The largest absolute Gasteiger partial charge is 0.392 e. The Morgan fingerprint density at radius 2 is 2.10 bits per heavy atom. The SMILES string of the molecule is CCCC1CCCN(c2cc(CO)cc(C(C)C)n2)CC1. The normalized spacial score (nSPS) is 19.9. The van der Waals surface area contributed by atoms with Gasteiger partial charge in [-0.3, -0.25) is 0 Å². The maximum atomic E-state index is 9.49. The Balaban J connectivity index is 2.15. The second-order valence-corrected chi connectivity index (χ2v) is 6.64. The van der Waals surface area contributed by atoms with Crippen molar-refractivity contribution in [1.29, 1.82) is 0 Å². The van der Waals surface area contributed by atoms with Crippen LogP contribution in [0.25, 0.3) is 0 Å². The predicted octanol–water partition coefficient (Wildman–Crippen LogP) is 4.10. The molecule has 1 aliphatic heterocycles. The number of aliphatic hydroxyl groups excluding tert-OH is 1. The third-order valence-electron chi connectivity index (χ3n) is 4.53. The molecule has 1 unspecified atom stereocenters. The van der Waals surface area contributed by atoms with E-state index in [0.29, 0.717) is 5.92 Å². The summed E-state index contributed by atoms with van der Waals surface area (Å²) in [6.07, 6.45) is 6.53. The van der Waals surface area contributed by atoms with Gasteiger partial charge in [0, 0.05) is 18.8 Å². The summed E-state index contributed by atoms with van der Waals surface area (Å²) in [4.78, 5) is 7.25. The van der Waals surface area contributed by atoms with Gasteiger partial charge >= 0.3 is 0 Å². The number of anilines is 1. The quantitative estimate of drug-likeness (QED) is 0.886. The summed E-state index contributed by atoms with van der Waals surface area (Å²) in [5, 5.41) is 9.49. The van der Waals surface area contributed by atoms with Crippen molar-refractivity contribution in [3.05, 3.63) is 23.4 Å². The Bertz CT molecular complexity index is 445. The lowest BCUT2D eigenvalue weighted by molar-refractivity contribution is 0.281. The number of hydrogen-bond donors (Lipinski definition) is 1. The third-order valence-corrected chi connectivity index (χ3v) is 4.53. The van der Waals surface area contributed by atoms with Crippen molar-refractivity contribution in [2.75, 3.05) is 18.0 Å². The van der Waals surface area contributed by atoms with Crippen LogP contribution in [0.1, 0.15) is 70.1 Å².